The largest absolute Gasteiger partial charge is 0.312 e. The van der Waals surface area contributed by atoms with Crippen molar-refractivity contribution >= 4 is 40.8 Å². The van der Waals surface area contributed by atoms with Crippen LogP contribution in [0.25, 0.3) is 0 Å². The van der Waals surface area contributed by atoms with E-state index in [0.29, 0.717) is 5.75 Å². The van der Waals surface area contributed by atoms with Gasteiger partial charge in [-0.25, -0.2) is 0 Å². The molecule has 0 fully saturated rings. The molecule has 4 rings (SSSR count). The molecule has 0 unspecified atom stereocenters. The number of carbonyl (C=O) groups excluding carboxylic acids is 1. The maximum Gasteiger partial charge on any atom is 0.242 e. The summed E-state index contributed by atoms with van der Waals surface area (Å²) in [6.45, 7) is 0. The molecule has 120 valence electrons. The van der Waals surface area contributed by atoms with Gasteiger partial charge in [0.1, 0.15) is 6.33 Å². The minimum Gasteiger partial charge on any atom is -0.312 e. The number of anilines is 2. The van der Waals surface area contributed by atoms with E-state index in [4.69, 9.17) is 0 Å². The lowest BCUT2D eigenvalue weighted by molar-refractivity contribution is -0.115. The van der Waals surface area contributed by atoms with Crippen LogP contribution in [0.2, 0.25) is 0 Å². The van der Waals surface area contributed by atoms with Gasteiger partial charge in [0.25, 0.3) is 0 Å². The van der Waals surface area contributed by atoms with E-state index in [1.807, 2.05) is 65.0 Å². The number of aryl methyl sites for hydroxylation is 1. The molecule has 0 spiro atoms. The first kappa shape index (κ1) is 15.3. The number of fused-ring (bicyclic) bond motifs is 2. The Labute approximate surface area is 148 Å². The molecule has 7 heteroatoms. The number of rotatable bonds is 3. The number of para-hydroxylation sites is 2. The first-order valence-electron chi connectivity index (χ1n) is 7.40. The Bertz CT molecular complexity index is 863. The van der Waals surface area contributed by atoms with Gasteiger partial charge in [-0.2, -0.15) is 0 Å². The number of aromatic nitrogens is 3. The van der Waals surface area contributed by atoms with Crippen molar-refractivity contribution in [3.05, 3.63) is 54.9 Å². The van der Waals surface area contributed by atoms with Gasteiger partial charge in [0.05, 0.1) is 17.1 Å². The molecule has 0 saturated carbocycles. The Morgan fingerprint density at radius 3 is 2.29 bits per heavy atom. The zero-order chi connectivity index (χ0) is 16.5. The summed E-state index contributed by atoms with van der Waals surface area (Å²) in [5.74, 6) is 0.336. The van der Waals surface area contributed by atoms with Crippen molar-refractivity contribution in [1.82, 2.24) is 14.8 Å². The van der Waals surface area contributed by atoms with Gasteiger partial charge in [-0.3, -0.25) is 9.69 Å². The van der Waals surface area contributed by atoms with Gasteiger partial charge in [0.15, 0.2) is 5.16 Å². The molecule has 0 N–H and O–H groups in total. The first-order valence-corrected chi connectivity index (χ1v) is 9.20. The van der Waals surface area contributed by atoms with Crippen LogP contribution in [0.4, 0.5) is 11.4 Å². The fraction of sp³-hybridized carbons (Fsp3) is 0.118. The van der Waals surface area contributed by atoms with Crippen molar-refractivity contribution in [3.8, 4) is 0 Å². The molecule has 0 atom stereocenters. The number of carbonyl (C=O) groups is 1. The lowest BCUT2D eigenvalue weighted by Crippen LogP contribution is -2.30. The summed E-state index contributed by atoms with van der Waals surface area (Å²) in [7, 11) is 1.87. The number of hydrogen-bond acceptors (Lipinski definition) is 5. The molecule has 0 bridgehead atoms. The van der Waals surface area contributed by atoms with Gasteiger partial charge in [-0.1, -0.05) is 47.8 Å². The molecular weight excluding hydrogens is 340 g/mol. The maximum atomic E-state index is 13.0. The van der Waals surface area contributed by atoms with Crippen molar-refractivity contribution in [2.75, 3.05) is 10.7 Å². The van der Waals surface area contributed by atoms with E-state index in [-0.39, 0.29) is 5.91 Å². The summed E-state index contributed by atoms with van der Waals surface area (Å²) in [5, 5.41) is 8.60. The van der Waals surface area contributed by atoms with Gasteiger partial charge in [-0.05, 0) is 24.3 Å². The van der Waals surface area contributed by atoms with Crippen LogP contribution in [0.1, 0.15) is 0 Å². The summed E-state index contributed by atoms with van der Waals surface area (Å²) in [6, 6.07) is 16.0. The van der Waals surface area contributed by atoms with Crippen molar-refractivity contribution in [1.29, 1.82) is 0 Å². The van der Waals surface area contributed by atoms with E-state index in [2.05, 4.69) is 10.2 Å². The monoisotopic (exact) mass is 354 g/mol. The van der Waals surface area contributed by atoms with Gasteiger partial charge in [-0.15, -0.1) is 10.2 Å². The predicted molar refractivity (Wildman–Crippen MR) is 95.9 cm³/mol. The molecule has 3 aromatic rings. The minimum absolute atomic E-state index is 0.0307. The lowest BCUT2D eigenvalue weighted by Gasteiger charge is -2.30. The normalized spacial score (nSPS) is 12.6. The fourth-order valence-corrected chi connectivity index (χ4v) is 4.36. The van der Waals surface area contributed by atoms with E-state index < -0.39 is 0 Å². The van der Waals surface area contributed by atoms with E-state index in [1.165, 1.54) is 11.8 Å². The Hall–Kier alpha value is -2.25. The predicted octanol–water partition coefficient (Wildman–Crippen LogP) is 3.74. The van der Waals surface area contributed by atoms with Crippen molar-refractivity contribution in [3.63, 3.8) is 0 Å². The van der Waals surface area contributed by atoms with Gasteiger partial charge in [0.2, 0.25) is 5.91 Å². The zero-order valence-corrected chi connectivity index (χ0v) is 14.5. The molecule has 5 nitrogen and oxygen atoms in total. The van der Waals surface area contributed by atoms with Crippen LogP contribution in [-0.2, 0) is 11.8 Å². The summed E-state index contributed by atoms with van der Waals surface area (Å²) in [5.41, 5.74) is 1.87. The standard InChI is InChI=1S/C17H14N4OS2/c1-20-11-18-19-17(20)23-10-16(22)21-12-6-2-4-8-14(12)24-15-9-5-3-7-13(15)21/h2-9,11H,10H2,1H3. The number of nitrogens with zero attached hydrogens (tertiary/aromatic N) is 4. The average Bonchev–Trinajstić information content (AvgIpc) is 3.02. The third-order valence-electron chi connectivity index (χ3n) is 3.68. The van der Waals surface area contributed by atoms with Crippen molar-refractivity contribution in [2.45, 2.75) is 14.9 Å². The summed E-state index contributed by atoms with van der Waals surface area (Å²) in [6.07, 6.45) is 1.63. The topological polar surface area (TPSA) is 51.0 Å². The highest BCUT2D eigenvalue weighted by Crippen LogP contribution is 2.48. The number of thioether (sulfide) groups is 1. The second kappa shape index (κ2) is 6.33. The Balaban J connectivity index is 1.66. The summed E-state index contributed by atoms with van der Waals surface area (Å²) in [4.78, 5) is 17.0. The fourth-order valence-electron chi connectivity index (χ4n) is 2.57. The van der Waals surface area contributed by atoms with Crippen LogP contribution in [0.5, 0.6) is 0 Å². The summed E-state index contributed by atoms with van der Waals surface area (Å²) < 4.78 is 1.81. The van der Waals surface area contributed by atoms with Gasteiger partial charge >= 0.3 is 0 Å². The van der Waals surface area contributed by atoms with E-state index in [9.17, 15) is 4.79 Å². The van der Waals surface area contributed by atoms with Crippen molar-refractivity contribution in [2.24, 2.45) is 7.05 Å². The van der Waals surface area contributed by atoms with Crippen LogP contribution in [-0.4, -0.2) is 26.4 Å². The van der Waals surface area contributed by atoms with Crippen molar-refractivity contribution < 1.29 is 4.79 Å². The third kappa shape index (κ3) is 2.70. The lowest BCUT2D eigenvalue weighted by atomic mass is 10.2. The van der Waals surface area contributed by atoms with E-state index in [1.54, 1.807) is 18.1 Å². The maximum absolute atomic E-state index is 13.0. The number of benzene rings is 2. The highest BCUT2D eigenvalue weighted by molar-refractivity contribution is 8.00. The second-order valence-electron chi connectivity index (χ2n) is 5.28. The van der Waals surface area contributed by atoms with Crippen LogP contribution in [0, 0.1) is 0 Å². The first-order chi connectivity index (χ1) is 11.7. The molecule has 24 heavy (non-hydrogen) atoms. The third-order valence-corrected chi connectivity index (χ3v) is 5.83. The SMILES string of the molecule is Cn1cnnc1SCC(=O)N1c2ccccc2Sc2ccccc21. The molecule has 0 aliphatic carbocycles. The van der Waals surface area contributed by atoms with Gasteiger partial charge in [0, 0.05) is 16.8 Å². The van der Waals surface area contributed by atoms with E-state index >= 15 is 0 Å². The minimum atomic E-state index is 0.0307. The second-order valence-corrected chi connectivity index (χ2v) is 7.31. The smallest absolute Gasteiger partial charge is 0.242 e. The van der Waals surface area contributed by atoms with Crippen LogP contribution < -0.4 is 4.90 Å². The number of hydrogen-bond donors (Lipinski definition) is 0. The molecule has 1 amide bonds. The highest BCUT2D eigenvalue weighted by atomic mass is 32.2. The average molecular weight is 354 g/mol. The molecule has 1 aromatic heterocycles. The molecule has 2 heterocycles. The number of amides is 1. The zero-order valence-electron chi connectivity index (χ0n) is 12.9. The van der Waals surface area contributed by atoms with Crippen LogP contribution in [0.3, 0.4) is 0 Å². The Morgan fingerprint density at radius 1 is 1.08 bits per heavy atom. The molecule has 1 aliphatic heterocycles. The summed E-state index contributed by atoms with van der Waals surface area (Å²) >= 11 is 3.09. The molecular formula is C17H14N4OS2. The quantitative estimate of drug-likeness (QED) is 0.671. The molecule has 0 saturated heterocycles. The van der Waals surface area contributed by atoms with Crippen LogP contribution >= 0.6 is 23.5 Å². The molecule has 0 radical (unpaired) electrons. The van der Waals surface area contributed by atoms with E-state index in [0.717, 1.165) is 26.3 Å². The highest BCUT2D eigenvalue weighted by Gasteiger charge is 2.27. The van der Waals surface area contributed by atoms with Gasteiger partial charge < -0.3 is 4.57 Å². The molecule has 2 aromatic carbocycles. The Kier molecular flexibility index (Phi) is 4.03. The molecule has 1 aliphatic rings. The van der Waals surface area contributed by atoms with Crippen LogP contribution in [0.15, 0.2) is 69.8 Å². The Morgan fingerprint density at radius 2 is 1.71 bits per heavy atom.